The number of aromatic carboxylic acids is 1. The second kappa shape index (κ2) is 5.56. The molecule has 0 atom stereocenters. The van der Waals surface area contributed by atoms with E-state index in [0.29, 0.717) is 24.9 Å². The van der Waals surface area contributed by atoms with Crippen molar-refractivity contribution < 1.29 is 14.6 Å². The molecule has 0 aliphatic carbocycles. The average Bonchev–Trinajstić information content (AvgIpc) is 2.61. The van der Waals surface area contributed by atoms with Gasteiger partial charge in [-0.05, 0) is 6.92 Å². The summed E-state index contributed by atoms with van der Waals surface area (Å²) in [4.78, 5) is 14.3. The van der Waals surface area contributed by atoms with Crippen molar-refractivity contribution in [3.05, 3.63) is 11.1 Å². The van der Waals surface area contributed by atoms with Gasteiger partial charge in [0.15, 0.2) is 10.8 Å². The van der Waals surface area contributed by atoms with Crippen LogP contribution < -0.4 is 5.32 Å². The fourth-order valence-corrected chi connectivity index (χ4v) is 1.54. The van der Waals surface area contributed by atoms with Crippen LogP contribution in [0.2, 0.25) is 0 Å². The third kappa shape index (κ3) is 3.31. The number of rotatable bonds is 6. The molecule has 14 heavy (non-hydrogen) atoms. The van der Waals surface area contributed by atoms with Crippen molar-refractivity contribution in [2.24, 2.45) is 0 Å². The number of hydrogen-bond donors (Lipinski definition) is 2. The second-order valence-electron chi connectivity index (χ2n) is 2.47. The van der Waals surface area contributed by atoms with E-state index in [0.717, 1.165) is 0 Å². The van der Waals surface area contributed by atoms with E-state index in [1.807, 2.05) is 6.92 Å². The highest BCUT2D eigenvalue weighted by Crippen LogP contribution is 2.14. The summed E-state index contributed by atoms with van der Waals surface area (Å²) in [6, 6.07) is 0. The minimum atomic E-state index is -1.00. The molecule has 0 radical (unpaired) electrons. The molecule has 0 spiro atoms. The van der Waals surface area contributed by atoms with Crippen LogP contribution in [0.1, 0.15) is 17.4 Å². The summed E-state index contributed by atoms with van der Waals surface area (Å²) < 4.78 is 5.11. The van der Waals surface area contributed by atoms with Gasteiger partial charge < -0.3 is 15.2 Å². The van der Waals surface area contributed by atoms with Gasteiger partial charge in [0, 0.05) is 18.5 Å². The largest absolute Gasteiger partial charge is 0.476 e. The summed E-state index contributed by atoms with van der Waals surface area (Å²) in [5.41, 5.74) is 0.0777. The molecular formula is C8H12N2O3S. The van der Waals surface area contributed by atoms with E-state index in [-0.39, 0.29) is 5.69 Å². The summed E-state index contributed by atoms with van der Waals surface area (Å²) >= 11 is 1.28. The first-order valence-corrected chi connectivity index (χ1v) is 5.12. The first-order valence-electron chi connectivity index (χ1n) is 4.24. The molecule has 0 aliphatic heterocycles. The number of carboxylic acids is 1. The Morgan fingerprint density at radius 2 is 2.57 bits per heavy atom. The van der Waals surface area contributed by atoms with Crippen LogP contribution in [0.25, 0.3) is 0 Å². The summed E-state index contributed by atoms with van der Waals surface area (Å²) in [5.74, 6) is -1.00. The van der Waals surface area contributed by atoms with E-state index in [1.165, 1.54) is 16.7 Å². The molecule has 1 rings (SSSR count). The fraction of sp³-hybridized carbons (Fsp3) is 0.500. The smallest absolute Gasteiger partial charge is 0.355 e. The zero-order chi connectivity index (χ0) is 10.4. The lowest BCUT2D eigenvalue weighted by atomic mass is 10.5. The Labute approximate surface area is 85.7 Å². The third-order valence-corrected chi connectivity index (χ3v) is 2.25. The molecule has 2 N–H and O–H groups in total. The zero-order valence-corrected chi connectivity index (χ0v) is 8.63. The van der Waals surface area contributed by atoms with Crippen LogP contribution in [-0.2, 0) is 4.74 Å². The lowest BCUT2D eigenvalue weighted by Gasteiger charge is -2.01. The normalized spacial score (nSPS) is 10.1. The lowest BCUT2D eigenvalue weighted by molar-refractivity contribution is 0.0691. The fourth-order valence-electron chi connectivity index (χ4n) is 0.828. The number of aromatic nitrogens is 1. The molecule has 0 aromatic carbocycles. The lowest BCUT2D eigenvalue weighted by Crippen LogP contribution is -2.09. The number of nitrogens with one attached hydrogen (secondary N) is 1. The van der Waals surface area contributed by atoms with Crippen molar-refractivity contribution in [1.82, 2.24) is 4.98 Å². The third-order valence-electron chi connectivity index (χ3n) is 1.45. The van der Waals surface area contributed by atoms with Gasteiger partial charge in [-0.1, -0.05) is 0 Å². The van der Waals surface area contributed by atoms with E-state index in [2.05, 4.69) is 10.3 Å². The summed E-state index contributed by atoms with van der Waals surface area (Å²) in [6.07, 6.45) is 0. The molecule has 78 valence electrons. The molecule has 0 saturated heterocycles. The van der Waals surface area contributed by atoms with Crippen LogP contribution in [0.15, 0.2) is 5.38 Å². The average molecular weight is 216 g/mol. The number of anilines is 1. The van der Waals surface area contributed by atoms with Gasteiger partial charge in [0.25, 0.3) is 0 Å². The minimum absolute atomic E-state index is 0.0777. The van der Waals surface area contributed by atoms with Crippen LogP contribution in [0.5, 0.6) is 0 Å². The van der Waals surface area contributed by atoms with Gasteiger partial charge in [-0.2, -0.15) is 0 Å². The SMILES string of the molecule is CCOCCNc1nc(C(=O)O)cs1. The van der Waals surface area contributed by atoms with Gasteiger partial charge in [0.1, 0.15) is 0 Å². The van der Waals surface area contributed by atoms with Gasteiger partial charge >= 0.3 is 5.97 Å². The molecule has 0 unspecified atom stereocenters. The predicted molar refractivity (Wildman–Crippen MR) is 54.1 cm³/mol. The maximum Gasteiger partial charge on any atom is 0.355 e. The van der Waals surface area contributed by atoms with Gasteiger partial charge in [0.2, 0.25) is 0 Å². The number of hydrogen-bond acceptors (Lipinski definition) is 5. The summed E-state index contributed by atoms with van der Waals surface area (Å²) in [7, 11) is 0. The van der Waals surface area contributed by atoms with Crippen LogP contribution in [0.3, 0.4) is 0 Å². The molecule has 0 bridgehead atoms. The standard InChI is InChI=1S/C8H12N2O3S/c1-2-13-4-3-9-8-10-6(5-14-8)7(11)12/h5H,2-4H2,1H3,(H,9,10)(H,11,12). The van der Waals surface area contributed by atoms with E-state index in [9.17, 15) is 4.79 Å². The first kappa shape index (κ1) is 10.9. The topological polar surface area (TPSA) is 71.5 Å². The number of carboxylic acid groups (broad SMARTS) is 1. The van der Waals surface area contributed by atoms with Crippen LogP contribution in [0, 0.1) is 0 Å². The number of nitrogens with zero attached hydrogens (tertiary/aromatic N) is 1. The van der Waals surface area contributed by atoms with Gasteiger partial charge in [-0.25, -0.2) is 9.78 Å². The quantitative estimate of drug-likeness (QED) is 0.701. The van der Waals surface area contributed by atoms with E-state index < -0.39 is 5.97 Å². The second-order valence-corrected chi connectivity index (χ2v) is 3.32. The minimum Gasteiger partial charge on any atom is -0.476 e. The highest BCUT2D eigenvalue weighted by Gasteiger charge is 2.07. The Bertz CT molecular complexity index is 301. The Balaban J connectivity index is 2.33. The summed E-state index contributed by atoms with van der Waals surface area (Å²) in [6.45, 7) is 3.84. The van der Waals surface area contributed by atoms with Crippen LogP contribution in [0.4, 0.5) is 5.13 Å². The Morgan fingerprint density at radius 1 is 1.79 bits per heavy atom. The molecule has 5 nitrogen and oxygen atoms in total. The molecule has 0 fully saturated rings. The molecular weight excluding hydrogens is 204 g/mol. The monoisotopic (exact) mass is 216 g/mol. The van der Waals surface area contributed by atoms with E-state index >= 15 is 0 Å². The summed E-state index contributed by atoms with van der Waals surface area (Å²) in [5, 5.41) is 13.7. The zero-order valence-electron chi connectivity index (χ0n) is 7.82. The highest BCUT2D eigenvalue weighted by molar-refractivity contribution is 7.13. The van der Waals surface area contributed by atoms with Crippen LogP contribution in [-0.4, -0.2) is 35.8 Å². The van der Waals surface area contributed by atoms with E-state index in [4.69, 9.17) is 9.84 Å². The molecule has 1 heterocycles. The van der Waals surface area contributed by atoms with Crippen LogP contribution >= 0.6 is 11.3 Å². The van der Waals surface area contributed by atoms with Crippen molar-refractivity contribution in [2.75, 3.05) is 25.1 Å². The molecule has 0 amide bonds. The van der Waals surface area contributed by atoms with Crippen molar-refractivity contribution in [3.63, 3.8) is 0 Å². The van der Waals surface area contributed by atoms with E-state index in [1.54, 1.807) is 0 Å². The Morgan fingerprint density at radius 3 is 3.14 bits per heavy atom. The highest BCUT2D eigenvalue weighted by atomic mass is 32.1. The molecule has 6 heteroatoms. The van der Waals surface area contributed by atoms with Gasteiger partial charge in [-0.3, -0.25) is 0 Å². The van der Waals surface area contributed by atoms with Gasteiger partial charge in [0.05, 0.1) is 6.61 Å². The van der Waals surface area contributed by atoms with Crippen molar-refractivity contribution >= 4 is 22.4 Å². The maximum absolute atomic E-state index is 10.5. The van der Waals surface area contributed by atoms with Gasteiger partial charge in [-0.15, -0.1) is 11.3 Å². The van der Waals surface area contributed by atoms with Crippen molar-refractivity contribution in [2.45, 2.75) is 6.92 Å². The molecule has 0 aliphatic rings. The Hall–Kier alpha value is -1.14. The number of thiazole rings is 1. The molecule has 0 saturated carbocycles. The maximum atomic E-state index is 10.5. The molecule has 1 aromatic heterocycles. The number of ether oxygens (including phenoxy) is 1. The number of carbonyl (C=O) groups is 1. The predicted octanol–water partition coefficient (Wildman–Crippen LogP) is 1.29. The van der Waals surface area contributed by atoms with Crippen molar-refractivity contribution in [1.29, 1.82) is 0 Å². The first-order chi connectivity index (χ1) is 6.74. The molecule has 1 aromatic rings. The van der Waals surface area contributed by atoms with Crippen molar-refractivity contribution in [3.8, 4) is 0 Å². The Kier molecular flexibility index (Phi) is 4.34.